The van der Waals surface area contributed by atoms with E-state index in [1.54, 1.807) is 14.7 Å². The third-order valence-corrected chi connectivity index (χ3v) is 8.03. The van der Waals surface area contributed by atoms with Crippen molar-refractivity contribution in [1.82, 2.24) is 30.0 Å². The number of pyridine rings is 2. The molecular weight excluding hydrogens is 598 g/mol. The number of aromatic nitrogens is 2. The van der Waals surface area contributed by atoms with Crippen LogP contribution in [0.25, 0.3) is 0 Å². The first-order chi connectivity index (χ1) is 20.6. The van der Waals surface area contributed by atoms with Gasteiger partial charge in [0, 0.05) is 57.6 Å². The lowest BCUT2D eigenvalue weighted by Gasteiger charge is -2.25. The van der Waals surface area contributed by atoms with Crippen LogP contribution in [0.15, 0.2) is 36.7 Å². The number of likely N-dealkylation sites (tertiary alicyclic amines) is 2. The standard InChI is InChI=1S/C15H18FN3O2.C11H14FN3O.C4H6O2.ClH/c1-18(14(20)10-2-3-10)12-6-7-19(9-12)15(21)11-4-5-13(16)17-8-11;1-13-9-4-5-15(7-9)11(16)8-2-3-10(12)14-6-8;5-4(6)3-1-2-3;/h4-5,8,10,12H,2-3,6-7,9H2,1H3;2-3,6,9,13H,4-5,7H2,1H3;3H,1-2H2,(H,5,6);1H/t12-;9-;;/m00../s1. The lowest BCUT2D eigenvalue weighted by atomic mass is 10.2. The zero-order chi connectivity index (χ0) is 31.1. The van der Waals surface area contributed by atoms with E-state index in [-0.39, 0.29) is 48.0 Å². The number of nitrogens with zero attached hydrogens (tertiary/aromatic N) is 5. The second-order valence-electron chi connectivity index (χ2n) is 11.3. The molecule has 3 amide bonds. The molecular formula is C30H39ClF2N6O5. The number of likely N-dealkylation sites (N-methyl/N-ethyl adjacent to an activating group) is 2. The van der Waals surface area contributed by atoms with Crippen molar-refractivity contribution >= 4 is 36.1 Å². The number of hydrogen-bond donors (Lipinski definition) is 2. The van der Waals surface area contributed by atoms with E-state index in [1.165, 1.54) is 36.7 Å². The van der Waals surface area contributed by atoms with Crippen molar-refractivity contribution in [3.63, 3.8) is 0 Å². The number of rotatable bonds is 6. The molecule has 6 rings (SSSR count). The highest BCUT2D eigenvalue weighted by Gasteiger charge is 2.37. The van der Waals surface area contributed by atoms with Crippen molar-refractivity contribution in [2.24, 2.45) is 11.8 Å². The summed E-state index contributed by atoms with van der Waals surface area (Å²) >= 11 is 0. The van der Waals surface area contributed by atoms with E-state index in [0.717, 1.165) is 45.1 Å². The minimum atomic E-state index is -0.630. The first kappa shape index (κ1) is 34.8. The van der Waals surface area contributed by atoms with Gasteiger partial charge in [0.05, 0.1) is 23.1 Å². The molecule has 14 heteroatoms. The van der Waals surface area contributed by atoms with Crippen LogP contribution in [-0.2, 0) is 9.59 Å². The first-order valence-corrected chi connectivity index (χ1v) is 14.6. The molecule has 0 radical (unpaired) electrons. The van der Waals surface area contributed by atoms with Crippen molar-refractivity contribution in [3.8, 4) is 0 Å². The van der Waals surface area contributed by atoms with Gasteiger partial charge in [-0.3, -0.25) is 19.2 Å². The minimum absolute atomic E-state index is 0. The number of nitrogens with one attached hydrogen (secondary N) is 1. The summed E-state index contributed by atoms with van der Waals surface area (Å²) in [7, 11) is 3.71. The Morgan fingerprint density at radius 3 is 1.70 bits per heavy atom. The highest BCUT2D eigenvalue weighted by atomic mass is 35.5. The maximum Gasteiger partial charge on any atom is 0.306 e. The van der Waals surface area contributed by atoms with E-state index in [0.29, 0.717) is 36.8 Å². The van der Waals surface area contributed by atoms with Crippen molar-refractivity contribution < 1.29 is 33.1 Å². The van der Waals surface area contributed by atoms with Gasteiger partial charge in [-0.05, 0) is 69.8 Å². The maximum absolute atomic E-state index is 12.8. The van der Waals surface area contributed by atoms with E-state index >= 15 is 0 Å². The number of carboxylic acids is 1. The average Bonchev–Trinajstić information content (AvgIpc) is 3.95. The van der Waals surface area contributed by atoms with Crippen LogP contribution < -0.4 is 5.32 Å². The van der Waals surface area contributed by atoms with Crippen LogP contribution in [0, 0.1) is 23.7 Å². The lowest BCUT2D eigenvalue weighted by Crippen LogP contribution is -2.40. The van der Waals surface area contributed by atoms with E-state index in [4.69, 9.17) is 5.11 Å². The minimum Gasteiger partial charge on any atom is -0.481 e. The summed E-state index contributed by atoms with van der Waals surface area (Å²) in [4.78, 5) is 58.3. The predicted octanol–water partition coefficient (Wildman–Crippen LogP) is 2.86. The van der Waals surface area contributed by atoms with Gasteiger partial charge in [0.1, 0.15) is 0 Å². The highest BCUT2D eigenvalue weighted by molar-refractivity contribution is 5.94. The summed E-state index contributed by atoms with van der Waals surface area (Å²) in [5, 5.41) is 11.2. The lowest BCUT2D eigenvalue weighted by molar-refractivity contribution is -0.138. The molecule has 2 atom stereocenters. The van der Waals surface area contributed by atoms with E-state index in [1.807, 2.05) is 14.1 Å². The van der Waals surface area contributed by atoms with Crippen LogP contribution in [-0.4, -0.2) is 106 Å². The van der Waals surface area contributed by atoms with Gasteiger partial charge in [-0.2, -0.15) is 8.78 Å². The molecule has 2 saturated carbocycles. The number of amides is 3. The quantitative estimate of drug-likeness (QED) is 0.462. The molecule has 2 aromatic rings. The van der Waals surface area contributed by atoms with E-state index < -0.39 is 17.9 Å². The van der Waals surface area contributed by atoms with Gasteiger partial charge in [0.25, 0.3) is 11.8 Å². The Morgan fingerprint density at radius 2 is 1.32 bits per heavy atom. The molecule has 11 nitrogen and oxygen atoms in total. The molecule has 4 heterocycles. The fraction of sp³-hybridized carbons (Fsp3) is 0.533. The monoisotopic (exact) mass is 636 g/mol. The molecule has 2 aromatic heterocycles. The average molecular weight is 637 g/mol. The maximum atomic E-state index is 12.8. The molecule has 0 bridgehead atoms. The second-order valence-corrected chi connectivity index (χ2v) is 11.3. The van der Waals surface area contributed by atoms with Crippen LogP contribution in [0.1, 0.15) is 59.2 Å². The zero-order valence-corrected chi connectivity index (χ0v) is 25.6. The van der Waals surface area contributed by atoms with Crippen LogP contribution in [0.3, 0.4) is 0 Å². The molecule has 2 aliphatic heterocycles. The summed E-state index contributed by atoms with van der Waals surface area (Å²) in [5.74, 6) is -1.62. The van der Waals surface area contributed by atoms with Crippen molar-refractivity contribution in [3.05, 3.63) is 59.7 Å². The predicted molar refractivity (Wildman–Crippen MR) is 159 cm³/mol. The largest absolute Gasteiger partial charge is 0.481 e. The first-order valence-electron chi connectivity index (χ1n) is 14.6. The van der Waals surface area contributed by atoms with Gasteiger partial charge >= 0.3 is 5.97 Å². The summed E-state index contributed by atoms with van der Waals surface area (Å²) in [6.45, 7) is 2.59. The van der Waals surface area contributed by atoms with E-state index in [9.17, 15) is 28.0 Å². The molecule has 2 aliphatic carbocycles. The molecule has 0 aromatic carbocycles. The SMILES string of the molecule is CN(C(=O)C1CC1)[C@H]1CCN(C(=O)c2ccc(F)nc2)C1.CN[C@H]1CCN(C(=O)c2ccc(F)nc2)C1.Cl.O=C(O)C1CC1. The number of carbonyl (C=O) groups is 4. The topological polar surface area (TPSA) is 136 Å². The number of halogens is 3. The fourth-order valence-corrected chi connectivity index (χ4v) is 4.92. The van der Waals surface area contributed by atoms with Crippen molar-refractivity contribution in [1.29, 1.82) is 0 Å². The Hall–Kier alpha value is -3.71. The Balaban J connectivity index is 0.000000203. The van der Waals surface area contributed by atoms with Gasteiger partial charge < -0.3 is 25.1 Å². The molecule has 44 heavy (non-hydrogen) atoms. The number of carboxylic acid groups (broad SMARTS) is 1. The van der Waals surface area contributed by atoms with Gasteiger partial charge in [-0.1, -0.05) is 0 Å². The smallest absolute Gasteiger partial charge is 0.306 e. The zero-order valence-electron chi connectivity index (χ0n) is 24.8. The molecule has 2 saturated heterocycles. The van der Waals surface area contributed by atoms with Gasteiger partial charge in [0.2, 0.25) is 17.8 Å². The molecule has 2 N–H and O–H groups in total. The van der Waals surface area contributed by atoms with Crippen molar-refractivity contribution in [2.75, 3.05) is 40.3 Å². The summed E-state index contributed by atoms with van der Waals surface area (Å²) in [6, 6.07) is 5.74. The summed E-state index contributed by atoms with van der Waals surface area (Å²) < 4.78 is 25.4. The Bertz CT molecular complexity index is 1290. The van der Waals surface area contributed by atoms with Crippen molar-refractivity contribution in [2.45, 2.75) is 50.6 Å². The van der Waals surface area contributed by atoms with Gasteiger partial charge in [-0.25, -0.2) is 9.97 Å². The normalized spacial score (nSPS) is 20.4. The van der Waals surface area contributed by atoms with Gasteiger partial charge in [-0.15, -0.1) is 12.4 Å². The number of aliphatic carboxylic acids is 1. The number of hydrogen-bond acceptors (Lipinski definition) is 7. The van der Waals surface area contributed by atoms with Crippen LogP contribution in [0.4, 0.5) is 8.78 Å². The second kappa shape index (κ2) is 15.8. The fourth-order valence-electron chi connectivity index (χ4n) is 4.92. The molecule has 240 valence electrons. The van der Waals surface area contributed by atoms with Crippen LogP contribution in [0.2, 0.25) is 0 Å². The highest BCUT2D eigenvalue weighted by Crippen LogP contribution is 2.32. The Labute approximate surface area is 261 Å². The summed E-state index contributed by atoms with van der Waals surface area (Å²) in [5.41, 5.74) is 0.825. The molecule has 0 unspecified atom stereocenters. The summed E-state index contributed by atoms with van der Waals surface area (Å²) in [6.07, 6.45) is 8.05. The van der Waals surface area contributed by atoms with Gasteiger partial charge in [0.15, 0.2) is 0 Å². The molecule has 4 aliphatic rings. The Kier molecular flexibility index (Phi) is 12.5. The third kappa shape index (κ3) is 9.65. The van der Waals surface area contributed by atoms with E-state index in [2.05, 4.69) is 15.3 Å². The third-order valence-electron chi connectivity index (χ3n) is 8.03. The molecule has 0 spiro atoms. The van der Waals surface area contributed by atoms with Crippen LogP contribution >= 0.6 is 12.4 Å². The number of carbonyl (C=O) groups excluding carboxylic acids is 3. The Morgan fingerprint density at radius 1 is 0.818 bits per heavy atom. The van der Waals surface area contributed by atoms with Crippen LogP contribution in [0.5, 0.6) is 0 Å². The molecule has 4 fully saturated rings.